The summed E-state index contributed by atoms with van der Waals surface area (Å²) in [7, 11) is 0. The minimum atomic E-state index is -0.969. The molecular formula is C15H21NO3S2. The van der Waals surface area contributed by atoms with Gasteiger partial charge in [-0.2, -0.15) is 11.8 Å². The standard InChI is InChI=1S/C15H21NO3S2/c1-11-3-5-12(6-4-11)21-10-8-14(17)16-13(15(18)19)7-9-20-2/h3-6,13H,7-10H2,1-2H3,(H,16,17)(H,18,19)/t13-/m1/s1. The average molecular weight is 327 g/mol. The molecule has 116 valence electrons. The number of carboxylic acids is 1. The minimum absolute atomic E-state index is 0.205. The average Bonchev–Trinajstić information content (AvgIpc) is 2.45. The minimum Gasteiger partial charge on any atom is -0.480 e. The first-order valence-corrected chi connectivity index (χ1v) is 9.11. The molecule has 1 amide bonds. The fourth-order valence-corrected chi connectivity index (χ4v) is 2.98. The maximum atomic E-state index is 11.8. The SMILES string of the molecule is CSCC[C@@H](NC(=O)CCSc1ccc(C)cc1)C(=O)O. The van der Waals surface area contributed by atoms with Gasteiger partial charge in [-0.15, -0.1) is 11.8 Å². The molecular weight excluding hydrogens is 306 g/mol. The van der Waals surface area contributed by atoms with E-state index in [1.165, 1.54) is 5.56 Å². The molecule has 0 bridgehead atoms. The van der Waals surface area contributed by atoms with Crippen molar-refractivity contribution in [3.05, 3.63) is 29.8 Å². The van der Waals surface area contributed by atoms with Gasteiger partial charge in [0.15, 0.2) is 0 Å². The second kappa shape index (κ2) is 9.73. The van der Waals surface area contributed by atoms with Crippen LogP contribution in [0, 0.1) is 6.92 Å². The lowest BCUT2D eigenvalue weighted by atomic mass is 10.2. The van der Waals surface area contributed by atoms with Crippen molar-refractivity contribution in [1.82, 2.24) is 5.32 Å². The quantitative estimate of drug-likeness (QED) is 0.683. The topological polar surface area (TPSA) is 66.4 Å². The number of nitrogens with one attached hydrogen (secondary N) is 1. The molecule has 0 aliphatic rings. The van der Waals surface area contributed by atoms with Crippen LogP contribution < -0.4 is 5.32 Å². The molecule has 1 aromatic carbocycles. The Labute approximate surface area is 134 Å². The predicted molar refractivity (Wildman–Crippen MR) is 89.1 cm³/mol. The molecule has 0 saturated heterocycles. The van der Waals surface area contributed by atoms with Crippen LogP contribution in [0.3, 0.4) is 0 Å². The molecule has 0 heterocycles. The van der Waals surface area contributed by atoms with Gasteiger partial charge in [0.2, 0.25) is 5.91 Å². The molecule has 0 aliphatic carbocycles. The number of carbonyl (C=O) groups excluding carboxylic acids is 1. The molecule has 0 saturated carbocycles. The van der Waals surface area contributed by atoms with Crippen molar-refractivity contribution in [3.8, 4) is 0 Å². The lowest BCUT2D eigenvalue weighted by molar-refractivity contribution is -0.141. The molecule has 0 spiro atoms. The number of hydrogen-bond donors (Lipinski definition) is 2. The molecule has 1 atom stereocenters. The van der Waals surface area contributed by atoms with Crippen LogP contribution in [0.4, 0.5) is 0 Å². The van der Waals surface area contributed by atoms with Crippen molar-refractivity contribution in [2.24, 2.45) is 0 Å². The van der Waals surface area contributed by atoms with Crippen LogP contribution in [-0.2, 0) is 9.59 Å². The molecule has 0 unspecified atom stereocenters. The van der Waals surface area contributed by atoms with Crippen molar-refractivity contribution in [3.63, 3.8) is 0 Å². The van der Waals surface area contributed by atoms with E-state index in [1.54, 1.807) is 23.5 Å². The second-order valence-corrected chi connectivity index (χ2v) is 6.81. The van der Waals surface area contributed by atoms with Gasteiger partial charge in [0.05, 0.1) is 0 Å². The Morgan fingerprint density at radius 2 is 1.90 bits per heavy atom. The van der Waals surface area contributed by atoms with E-state index in [1.807, 2.05) is 37.4 Å². The summed E-state index contributed by atoms with van der Waals surface area (Å²) in [5.74, 6) is 0.186. The molecule has 0 aliphatic heterocycles. The Morgan fingerprint density at radius 1 is 1.24 bits per heavy atom. The molecule has 0 fully saturated rings. The number of carboxylic acid groups (broad SMARTS) is 1. The third-order valence-corrected chi connectivity index (χ3v) is 4.52. The third kappa shape index (κ3) is 7.43. The first-order valence-electron chi connectivity index (χ1n) is 6.73. The van der Waals surface area contributed by atoms with Crippen LogP contribution in [0.2, 0.25) is 0 Å². The Hall–Kier alpha value is -1.14. The number of benzene rings is 1. The van der Waals surface area contributed by atoms with E-state index in [2.05, 4.69) is 5.32 Å². The van der Waals surface area contributed by atoms with E-state index in [-0.39, 0.29) is 5.91 Å². The van der Waals surface area contributed by atoms with Crippen LogP contribution in [-0.4, -0.2) is 40.8 Å². The third-order valence-electron chi connectivity index (χ3n) is 2.86. The Kier molecular flexibility index (Phi) is 8.30. The largest absolute Gasteiger partial charge is 0.480 e. The zero-order valence-corrected chi connectivity index (χ0v) is 13.9. The second-order valence-electron chi connectivity index (χ2n) is 4.65. The summed E-state index contributed by atoms with van der Waals surface area (Å²) in [5, 5.41) is 11.6. The number of rotatable bonds is 9. The van der Waals surface area contributed by atoms with Crippen molar-refractivity contribution in [2.75, 3.05) is 17.8 Å². The lowest BCUT2D eigenvalue weighted by Crippen LogP contribution is -2.41. The Morgan fingerprint density at radius 3 is 2.48 bits per heavy atom. The van der Waals surface area contributed by atoms with Gasteiger partial charge >= 0.3 is 5.97 Å². The predicted octanol–water partition coefficient (Wildman–Crippen LogP) is 2.80. The smallest absolute Gasteiger partial charge is 0.326 e. The Bertz CT molecular complexity index is 462. The number of aliphatic carboxylic acids is 1. The summed E-state index contributed by atoms with van der Waals surface area (Å²) in [6.45, 7) is 2.03. The summed E-state index contributed by atoms with van der Waals surface area (Å²) in [6.07, 6.45) is 2.69. The van der Waals surface area contributed by atoms with E-state index in [9.17, 15) is 9.59 Å². The van der Waals surface area contributed by atoms with E-state index in [0.717, 1.165) is 10.6 Å². The van der Waals surface area contributed by atoms with Crippen molar-refractivity contribution in [2.45, 2.75) is 30.7 Å². The zero-order chi connectivity index (χ0) is 15.7. The monoisotopic (exact) mass is 327 g/mol. The van der Waals surface area contributed by atoms with E-state index in [4.69, 9.17) is 5.11 Å². The van der Waals surface area contributed by atoms with E-state index >= 15 is 0 Å². The fraction of sp³-hybridized carbons (Fsp3) is 0.467. The normalized spacial score (nSPS) is 11.9. The van der Waals surface area contributed by atoms with E-state index < -0.39 is 12.0 Å². The summed E-state index contributed by atoms with van der Waals surface area (Å²) in [4.78, 5) is 23.9. The zero-order valence-electron chi connectivity index (χ0n) is 12.3. The van der Waals surface area contributed by atoms with Crippen LogP contribution in [0.5, 0.6) is 0 Å². The molecule has 1 rings (SSSR count). The summed E-state index contributed by atoms with van der Waals surface area (Å²) in [5.41, 5.74) is 1.20. The molecule has 0 radical (unpaired) electrons. The molecule has 21 heavy (non-hydrogen) atoms. The number of amides is 1. The van der Waals surface area contributed by atoms with Gasteiger partial charge in [0.1, 0.15) is 6.04 Å². The van der Waals surface area contributed by atoms with Gasteiger partial charge in [-0.05, 0) is 37.5 Å². The van der Waals surface area contributed by atoms with Crippen molar-refractivity contribution >= 4 is 35.4 Å². The molecule has 4 nitrogen and oxygen atoms in total. The fourth-order valence-electron chi connectivity index (χ4n) is 1.66. The highest BCUT2D eigenvalue weighted by atomic mass is 32.2. The van der Waals surface area contributed by atoms with Crippen LogP contribution in [0.15, 0.2) is 29.2 Å². The number of aryl methyl sites for hydroxylation is 1. The summed E-state index contributed by atoms with van der Waals surface area (Å²) >= 11 is 3.17. The van der Waals surface area contributed by atoms with Crippen molar-refractivity contribution in [1.29, 1.82) is 0 Å². The van der Waals surface area contributed by atoms with Gasteiger partial charge in [-0.3, -0.25) is 4.79 Å². The first kappa shape index (κ1) is 17.9. The highest BCUT2D eigenvalue weighted by Crippen LogP contribution is 2.18. The molecule has 6 heteroatoms. The number of thioether (sulfide) groups is 2. The van der Waals surface area contributed by atoms with Crippen molar-refractivity contribution < 1.29 is 14.7 Å². The van der Waals surface area contributed by atoms with E-state index in [0.29, 0.717) is 18.6 Å². The van der Waals surface area contributed by atoms with Gasteiger partial charge in [0.25, 0.3) is 0 Å². The highest BCUT2D eigenvalue weighted by Gasteiger charge is 2.18. The first-order chi connectivity index (χ1) is 10.0. The molecule has 1 aromatic rings. The number of hydrogen-bond acceptors (Lipinski definition) is 4. The van der Waals surface area contributed by atoms with Gasteiger partial charge < -0.3 is 10.4 Å². The maximum Gasteiger partial charge on any atom is 0.326 e. The molecule has 0 aromatic heterocycles. The maximum absolute atomic E-state index is 11.8. The van der Waals surface area contributed by atoms with Gasteiger partial charge in [-0.1, -0.05) is 17.7 Å². The van der Waals surface area contributed by atoms with Gasteiger partial charge in [0, 0.05) is 17.1 Å². The van der Waals surface area contributed by atoms with Crippen LogP contribution in [0.25, 0.3) is 0 Å². The highest BCUT2D eigenvalue weighted by molar-refractivity contribution is 7.99. The summed E-state index contributed by atoms with van der Waals surface area (Å²) < 4.78 is 0. The van der Waals surface area contributed by atoms with Crippen LogP contribution in [0.1, 0.15) is 18.4 Å². The molecule has 2 N–H and O–H groups in total. The number of carbonyl (C=O) groups is 2. The van der Waals surface area contributed by atoms with Crippen LogP contribution >= 0.6 is 23.5 Å². The lowest BCUT2D eigenvalue weighted by Gasteiger charge is -2.13. The summed E-state index contributed by atoms with van der Waals surface area (Å²) in [6, 6.07) is 7.33. The van der Waals surface area contributed by atoms with Gasteiger partial charge in [-0.25, -0.2) is 4.79 Å². The Balaban J connectivity index is 2.32.